The molecule has 0 unspecified atom stereocenters. The van der Waals surface area contributed by atoms with Crippen molar-refractivity contribution in [3.63, 3.8) is 0 Å². The summed E-state index contributed by atoms with van der Waals surface area (Å²) in [6.45, 7) is 3.02. The molecule has 0 aliphatic rings. The highest BCUT2D eigenvalue weighted by atomic mass is 16.3. The second-order valence-corrected chi connectivity index (χ2v) is 1.56. The topological polar surface area (TPSA) is 66.5 Å². The van der Waals surface area contributed by atoms with Gasteiger partial charge in [0.1, 0.15) is 0 Å². The lowest BCUT2D eigenvalue weighted by Crippen LogP contribution is -2.34. The normalized spacial score (nSPS) is 17.4. The van der Waals surface area contributed by atoms with Crippen LogP contribution in [0.25, 0.3) is 0 Å². The second-order valence-electron chi connectivity index (χ2n) is 1.56. The third-order valence-corrected chi connectivity index (χ3v) is 0.904. The van der Waals surface area contributed by atoms with E-state index in [1.54, 1.807) is 0 Å². The molecule has 3 nitrogen and oxygen atoms in total. The van der Waals surface area contributed by atoms with E-state index in [2.05, 4.69) is 6.58 Å². The van der Waals surface area contributed by atoms with E-state index in [1.165, 1.54) is 6.08 Å². The Bertz CT molecular complexity index is 74.8. The van der Waals surface area contributed by atoms with Crippen LogP contribution in [0.1, 0.15) is 0 Å². The van der Waals surface area contributed by atoms with E-state index >= 15 is 0 Å². The average molecular weight is 117 g/mol. The second kappa shape index (κ2) is 3.60. The summed E-state index contributed by atoms with van der Waals surface area (Å²) >= 11 is 0. The van der Waals surface area contributed by atoms with E-state index in [0.29, 0.717) is 0 Å². The van der Waals surface area contributed by atoms with Gasteiger partial charge in [-0.2, -0.15) is 0 Å². The van der Waals surface area contributed by atoms with Crippen LogP contribution in [0.5, 0.6) is 0 Å². The Labute approximate surface area is 48.4 Å². The summed E-state index contributed by atoms with van der Waals surface area (Å²) in [6, 6.07) is -0.514. The van der Waals surface area contributed by atoms with Crippen molar-refractivity contribution in [3.8, 4) is 0 Å². The molecule has 0 aliphatic carbocycles. The summed E-state index contributed by atoms with van der Waals surface area (Å²) in [5.74, 6) is 0. The van der Waals surface area contributed by atoms with Crippen LogP contribution in [0.2, 0.25) is 0 Å². The molecule has 2 atom stereocenters. The van der Waals surface area contributed by atoms with Crippen LogP contribution in [0, 0.1) is 0 Å². The molecule has 0 aromatic rings. The molecule has 0 bridgehead atoms. The zero-order chi connectivity index (χ0) is 6.57. The number of hydrogen-bond acceptors (Lipinski definition) is 3. The molecule has 0 rings (SSSR count). The summed E-state index contributed by atoms with van der Waals surface area (Å²) in [4.78, 5) is 0. The summed E-state index contributed by atoms with van der Waals surface area (Å²) < 4.78 is 0. The van der Waals surface area contributed by atoms with Crippen LogP contribution in [0.4, 0.5) is 0 Å². The maximum absolute atomic E-state index is 8.68. The van der Waals surface area contributed by atoms with E-state index in [1.807, 2.05) is 0 Å². The van der Waals surface area contributed by atoms with Gasteiger partial charge in [0.15, 0.2) is 0 Å². The van der Waals surface area contributed by atoms with Gasteiger partial charge in [-0.15, -0.1) is 6.58 Å². The Morgan fingerprint density at radius 2 is 2.25 bits per heavy atom. The van der Waals surface area contributed by atoms with Gasteiger partial charge in [-0.05, 0) is 0 Å². The van der Waals surface area contributed by atoms with E-state index in [-0.39, 0.29) is 6.61 Å². The first-order chi connectivity index (χ1) is 3.72. The van der Waals surface area contributed by atoms with Crippen molar-refractivity contribution in [1.29, 1.82) is 0 Å². The predicted octanol–water partition coefficient (Wildman–Crippen LogP) is -1.15. The zero-order valence-corrected chi connectivity index (χ0v) is 4.62. The molecule has 0 aliphatic heterocycles. The SMILES string of the molecule is C=C[C@H](N)[C@@H](O)CO. The molecule has 3 heteroatoms. The van der Waals surface area contributed by atoms with Gasteiger partial charge in [0.2, 0.25) is 0 Å². The maximum atomic E-state index is 8.68. The average Bonchev–Trinajstić information content (AvgIpc) is 1.84. The van der Waals surface area contributed by atoms with E-state index in [4.69, 9.17) is 15.9 Å². The van der Waals surface area contributed by atoms with Crippen LogP contribution in [-0.4, -0.2) is 29.0 Å². The van der Waals surface area contributed by atoms with Crippen LogP contribution >= 0.6 is 0 Å². The van der Waals surface area contributed by atoms with E-state index in [0.717, 1.165) is 0 Å². The van der Waals surface area contributed by atoms with Gasteiger partial charge in [0.25, 0.3) is 0 Å². The van der Waals surface area contributed by atoms with E-state index in [9.17, 15) is 0 Å². The molecule has 0 fully saturated rings. The van der Waals surface area contributed by atoms with Crippen LogP contribution in [0.3, 0.4) is 0 Å². The Morgan fingerprint density at radius 3 is 2.38 bits per heavy atom. The molecule has 8 heavy (non-hydrogen) atoms. The minimum Gasteiger partial charge on any atom is -0.394 e. The van der Waals surface area contributed by atoms with Gasteiger partial charge >= 0.3 is 0 Å². The fourth-order valence-corrected chi connectivity index (χ4v) is 0.279. The molecule has 0 spiro atoms. The van der Waals surface area contributed by atoms with Gasteiger partial charge in [0, 0.05) is 0 Å². The molecule has 0 amide bonds. The largest absolute Gasteiger partial charge is 0.394 e. The van der Waals surface area contributed by atoms with Crippen molar-refractivity contribution in [2.24, 2.45) is 5.73 Å². The fourth-order valence-electron chi connectivity index (χ4n) is 0.279. The number of nitrogens with two attached hydrogens (primary N) is 1. The lowest BCUT2D eigenvalue weighted by molar-refractivity contribution is 0.0856. The Balaban J connectivity index is 3.44. The Kier molecular flexibility index (Phi) is 3.43. The standard InChI is InChI=1S/C5H11NO2/c1-2-4(6)5(8)3-7/h2,4-5,7-8H,1,3,6H2/t4-,5-/m0/s1. The molecule has 0 saturated heterocycles. The molecule has 4 N–H and O–H groups in total. The number of aliphatic hydroxyl groups is 2. The molecule has 48 valence electrons. The smallest absolute Gasteiger partial charge is 0.0956 e. The maximum Gasteiger partial charge on any atom is 0.0956 e. The highest BCUT2D eigenvalue weighted by Gasteiger charge is 2.07. The van der Waals surface area contributed by atoms with Gasteiger partial charge in [0.05, 0.1) is 18.8 Å². The van der Waals surface area contributed by atoms with E-state index < -0.39 is 12.1 Å². The molecule has 0 aromatic heterocycles. The number of aliphatic hydroxyl groups excluding tert-OH is 2. The van der Waals surface area contributed by atoms with Crippen LogP contribution in [-0.2, 0) is 0 Å². The summed E-state index contributed by atoms with van der Waals surface area (Å²) in [5.41, 5.74) is 5.20. The monoisotopic (exact) mass is 117 g/mol. The first-order valence-corrected chi connectivity index (χ1v) is 2.39. The van der Waals surface area contributed by atoms with Crippen molar-refractivity contribution < 1.29 is 10.2 Å². The van der Waals surface area contributed by atoms with Crippen LogP contribution < -0.4 is 5.73 Å². The molecule has 0 saturated carbocycles. The molecule has 0 heterocycles. The highest BCUT2D eigenvalue weighted by Crippen LogP contribution is 1.87. The van der Waals surface area contributed by atoms with Crippen molar-refractivity contribution in [2.45, 2.75) is 12.1 Å². The highest BCUT2D eigenvalue weighted by molar-refractivity contribution is 4.87. The minimum absolute atomic E-state index is 0.312. The van der Waals surface area contributed by atoms with Crippen molar-refractivity contribution >= 4 is 0 Å². The predicted molar refractivity (Wildman–Crippen MR) is 31.3 cm³/mol. The number of hydrogen-bond donors (Lipinski definition) is 3. The van der Waals surface area contributed by atoms with Gasteiger partial charge in [-0.25, -0.2) is 0 Å². The first-order valence-electron chi connectivity index (χ1n) is 2.39. The molecule has 0 aromatic carbocycles. The molecular weight excluding hydrogens is 106 g/mol. The van der Waals surface area contributed by atoms with Crippen LogP contribution in [0.15, 0.2) is 12.7 Å². The lowest BCUT2D eigenvalue weighted by Gasteiger charge is -2.10. The summed E-state index contributed by atoms with van der Waals surface area (Å²) in [7, 11) is 0. The van der Waals surface area contributed by atoms with Crippen molar-refractivity contribution in [1.82, 2.24) is 0 Å². The zero-order valence-electron chi connectivity index (χ0n) is 4.62. The quantitative estimate of drug-likeness (QED) is 0.409. The fraction of sp³-hybridized carbons (Fsp3) is 0.600. The Morgan fingerprint density at radius 1 is 1.75 bits per heavy atom. The Hall–Kier alpha value is -0.380. The molecule has 0 radical (unpaired) electrons. The third-order valence-electron chi connectivity index (χ3n) is 0.904. The minimum atomic E-state index is -0.868. The third kappa shape index (κ3) is 2.07. The summed E-state index contributed by atoms with van der Waals surface area (Å²) in [6.07, 6.45) is 0.522. The van der Waals surface area contributed by atoms with Gasteiger partial charge < -0.3 is 15.9 Å². The first kappa shape index (κ1) is 7.62. The van der Waals surface area contributed by atoms with Gasteiger partial charge in [-0.1, -0.05) is 6.08 Å². The molecular formula is C5H11NO2. The van der Waals surface area contributed by atoms with Gasteiger partial charge in [-0.3, -0.25) is 0 Å². The number of rotatable bonds is 3. The lowest BCUT2D eigenvalue weighted by atomic mass is 10.2. The van der Waals surface area contributed by atoms with Crippen molar-refractivity contribution in [3.05, 3.63) is 12.7 Å². The van der Waals surface area contributed by atoms with Crippen molar-refractivity contribution in [2.75, 3.05) is 6.61 Å². The summed E-state index contributed by atoms with van der Waals surface area (Å²) in [5, 5.41) is 16.9.